The van der Waals surface area contributed by atoms with E-state index < -0.39 is 17.0 Å². The van der Waals surface area contributed by atoms with E-state index in [0.29, 0.717) is 11.0 Å². The fraction of sp³-hybridized carbons (Fsp3) is 1.00. The highest BCUT2D eigenvalue weighted by Gasteiger charge is 2.43. The topological polar surface area (TPSA) is 34.2 Å². The average Bonchev–Trinajstić information content (AvgIpc) is 2.52. The van der Waals surface area contributed by atoms with Gasteiger partial charge in [-0.15, -0.1) is 0 Å². The molecule has 24 heavy (non-hydrogen) atoms. The fourth-order valence-electron chi connectivity index (χ4n) is 3.40. The largest absolute Gasteiger partial charge is 0.500 e. The standard InChI is InChI=1S/C17H40N2O3Si2/c1-16(15-24(20-5,21-6)22-7)14-18-10-12-19(13-11-18)23(8,9)17(2,3)4/h16H,10-15H2,1-9H3. The summed E-state index contributed by atoms with van der Waals surface area (Å²) in [4.78, 5) is 2.59. The van der Waals surface area contributed by atoms with E-state index in [0.717, 1.165) is 12.6 Å². The summed E-state index contributed by atoms with van der Waals surface area (Å²) < 4.78 is 19.5. The van der Waals surface area contributed by atoms with E-state index in [1.807, 2.05) is 0 Å². The third kappa shape index (κ3) is 5.36. The van der Waals surface area contributed by atoms with Crippen LogP contribution in [0, 0.1) is 5.92 Å². The van der Waals surface area contributed by atoms with Crippen LogP contribution in [0.4, 0.5) is 0 Å². The van der Waals surface area contributed by atoms with Gasteiger partial charge in [0.1, 0.15) is 8.24 Å². The number of hydrogen-bond acceptors (Lipinski definition) is 5. The summed E-state index contributed by atoms with van der Waals surface area (Å²) in [6, 6.07) is 0.874. The van der Waals surface area contributed by atoms with Crippen LogP contribution in [0.3, 0.4) is 0 Å². The molecule has 144 valence electrons. The van der Waals surface area contributed by atoms with E-state index in [-0.39, 0.29) is 0 Å². The quantitative estimate of drug-likeness (QED) is 0.608. The van der Waals surface area contributed by atoms with Gasteiger partial charge < -0.3 is 22.7 Å². The third-order valence-electron chi connectivity index (χ3n) is 6.10. The summed E-state index contributed by atoms with van der Waals surface area (Å²) in [6.45, 7) is 20.3. The Labute approximate surface area is 152 Å². The van der Waals surface area contributed by atoms with Crippen molar-refractivity contribution in [2.45, 2.75) is 51.9 Å². The Morgan fingerprint density at radius 1 is 0.917 bits per heavy atom. The molecule has 1 aliphatic heterocycles. The predicted octanol–water partition coefficient (Wildman–Crippen LogP) is 3.12. The lowest BCUT2D eigenvalue weighted by Crippen LogP contribution is -2.61. The lowest BCUT2D eigenvalue weighted by atomic mass is 10.2. The van der Waals surface area contributed by atoms with E-state index in [1.54, 1.807) is 21.3 Å². The van der Waals surface area contributed by atoms with Crippen molar-refractivity contribution in [2.75, 3.05) is 54.1 Å². The van der Waals surface area contributed by atoms with Crippen LogP contribution < -0.4 is 0 Å². The molecule has 0 saturated carbocycles. The molecule has 0 amide bonds. The van der Waals surface area contributed by atoms with E-state index in [2.05, 4.69) is 50.3 Å². The van der Waals surface area contributed by atoms with Crippen molar-refractivity contribution in [3.05, 3.63) is 0 Å². The predicted molar refractivity (Wildman–Crippen MR) is 106 cm³/mol. The molecule has 0 N–H and O–H groups in total. The summed E-state index contributed by atoms with van der Waals surface area (Å²) in [5.74, 6) is 0.510. The highest BCUT2D eigenvalue weighted by molar-refractivity contribution is 6.77. The van der Waals surface area contributed by atoms with Crippen molar-refractivity contribution in [3.8, 4) is 0 Å². The number of nitrogens with zero attached hydrogens (tertiary/aromatic N) is 2. The van der Waals surface area contributed by atoms with Gasteiger partial charge in [0.15, 0.2) is 0 Å². The molecule has 0 aliphatic carbocycles. The maximum absolute atomic E-state index is 5.57. The second-order valence-electron chi connectivity index (χ2n) is 8.70. The Morgan fingerprint density at radius 2 is 1.38 bits per heavy atom. The minimum Gasteiger partial charge on any atom is -0.377 e. The first-order valence-corrected chi connectivity index (χ1v) is 14.0. The Morgan fingerprint density at radius 3 is 1.75 bits per heavy atom. The van der Waals surface area contributed by atoms with Gasteiger partial charge in [0, 0.05) is 60.1 Å². The van der Waals surface area contributed by atoms with Crippen molar-refractivity contribution in [2.24, 2.45) is 5.92 Å². The molecule has 1 unspecified atom stereocenters. The lowest BCUT2D eigenvalue weighted by Gasteiger charge is -2.49. The van der Waals surface area contributed by atoms with Gasteiger partial charge in [-0.2, -0.15) is 0 Å². The van der Waals surface area contributed by atoms with Crippen LogP contribution in [0.15, 0.2) is 0 Å². The fourth-order valence-corrected chi connectivity index (χ4v) is 7.65. The van der Waals surface area contributed by atoms with E-state index >= 15 is 0 Å². The van der Waals surface area contributed by atoms with Gasteiger partial charge in [0.2, 0.25) is 0 Å². The number of piperazine rings is 1. The molecule has 1 rings (SSSR count). The molecular formula is C17H40N2O3Si2. The maximum Gasteiger partial charge on any atom is 0.500 e. The van der Waals surface area contributed by atoms with Gasteiger partial charge in [-0.05, 0) is 11.0 Å². The molecule has 1 saturated heterocycles. The zero-order valence-corrected chi connectivity index (χ0v) is 19.4. The SMILES string of the molecule is CO[Si](CC(C)CN1CCN([Si](C)(C)C(C)(C)C)CC1)(OC)OC. The summed E-state index contributed by atoms with van der Waals surface area (Å²) >= 11 is 0. The van der Waals surface area contributed by atoms with Crippen LogP contribution in [0.2, 0.25) is 24.2 Å². The minimum atomic E-state index is -2.46. The zero-order valence-electron chi connectivity index (χ0n) is 17.4. The highest BCUT2D eigenvalue weighted by Crippen LogP contribution is 2.38. The van der Waals surface area contributed by atoms with Gasteiger partial charge in [0.25, 0.3) is 0 Å². The molecule has 0 aromatic heterocycles. The second kappa shape index (κ2) is 8.75. The molecule has 1 atom stereocenters. The van der Waals surface area contributed by atoms with Crippen molar-refractivity contribution in [1.29, 1.82) is 0 Å². The maximum atomic E-state index is 5.57. The summed E-state index contributed by atoms with van der Waals surface area (Å²) in [6.07, 6.45) is 0. The summed E-state index contributed by atoms with van der Waals surface area (Å²) in [7, 11) is 1.26. The molecule has 1 aliphatic rings. The smallest absolute Gasteiger partial charge is 0.377 e. The molecule has 0 aromatic carbocycles. The van der Waals surface area contributed by atoms with Crippen LogP contribution in [0.5, 0.6) is 0 Å². The van der Waals surface area contributed by atoms with Gasteiger partial charge in [0.05, 0.1) is 0 Å². The summed E-state index contributed by atoms with van der Waals surface area (Å²) in [5, 5.41) is 0.420. The van der Waals surface area contributed by atoms with Crippen LogP contribution in [-0.4, -0.2) is 80.6 Å². The van der Waals surface area contributed by atoms with Gasteiger partial charge >= 0.3 is 8.80 Å². The molecule has 1 heterocycles. The van der Waals surface area contributed by atoms with Crippen molar-refractivity contribution in [1.82, 2.24) is 9.47 Å². The van der Waals surface area contributed by atoms with E-state index in [1.165, 1.54) is 26.2 Å². The summed E-state index contributed by atoms with van der Waals surface area (Å²) in [5.41, 5.74) is 0. The molecule has 0 bridgehead atoms. The van der Waals surface area contributed by atoms with E-state index in [4.69, 9.17) is 13.3 Å². The van der Waals surface area contributed by atoms with Crippen LogP contribution in [0.25, 0.3) is 0 Å². The minimum absolute atomic E-state index is 0.420. The second-order valence-corrected chi connectivity index (χ2v) is 17.0. The average molecular weight is 377 g/mol. The van der Waals surface area contributed by atoms with Gasteiger partial charge in [-0.25, -0.2) is 0 Å². The van der Waals surface area contributed by atoms with Crippen molar-refractivity contribution in [3.63, 3.8) is 0 Å². The molecule has 5 nitrogen and oxygen atoms in total. The van der Waals surface area contributed by atoms with Crippen LogP contribution in [-0.2, 0) is 13.3 Å². The lowest BCUT2D eigenvalue weighted by molar-refractivity contribution is 0.111. The van der Waals surface area contributed by atoms with Crippen molar-refractivity contribution >= 4 is 17.0 Å². The highest BCUT2D eigenvalue weighted by atomic mass is 28.4. The molecular weight excluding hydrogens is 336 g/mol. The first-order chi connectivity index (χ1) is 11.0. The normalized spacial score (nSPS) is 20.4. The van der Waals surface area contributed by atoms with Gasteiger partial charge in [-0.1, -0.05) is 40.8 Å². The Bertz CT molecular complexity index is 368. The Kier molecular flexibility index (Phi) is 8.12. The molecule has 0 radical (unpaired) electrons. The van der Waals surface area contributed by atoms with Gasteiger partial charge in [-0.3, -0.25) is 0 Å². The first kappa shape index (κ1) is 22.3. The molecule has 0 aromatic rings. The van der Waals surface area contributed by atoms with Crippen molar-refractivity contribution < 1.29 is 13.3 Å². The van der Waals surface area contributed by atoms with Crippen LogP contribution in [0.1, 0.15) is 27.7 Å². The Hall–Kier alpha value is 0.234. The third-order valence-corrected chi connectivity index (χ3v) is 14.9. The van der Waals surface area contributed by atoms with Crippen LogP contribution >= 0.6 is 0 Å². The monoisotopic (exact) mass is 376 g/mol. The molecule has 0 spiro atoms. The Balaban J connectivity index is 2.52. The molecule has 7 heteroatoms. The van der Waals surface area contributed by atoms with E-state index in [9.17, 15) is 0 Å². The number of hydrogen-bond donors (Lipinski definition) is 0. The molecule has 1 fully saturated rings. The first-order valence-electron chi connectivity index (χ1n) is 9.14. The number of rotatable bonds is 8. The zero-order chi connectivity index (χ0) is 18.6.